The monoisotopic (exact) mass is 414 g/mol. The minimum Gasteiger partial charge on any atom is -0.113 e. The SMILES string of the molecule is CCc1ccc(CC)c(C(Cl)c2ccc(Br)cc2Br)c1. The maximum absolute atomic E-state index is 6.76. The molecule has 0 radical (unpaired) electrons. The lowest BCUT2D eigenvalue weighted by Gasteiger charge is -2.17. The average molecular weight is 417 g/mol. The minimum atomic E-state index is -0.126. The van der Waals surface area contributed by atoms with E-state index in [9.17, 15) is 0 Å². The summed E-state index contributed by atoms with van der Waals surface area (Å²) >= 11 is 13.8. The highest BCUT2D eigenvalue weighted by Crippen LogP contribution is 2.37. The van der Waals surface area contributed by atoms with Gasteiger partial charge in [-0.2, -0.15) is 0 Å². The number of rotatable bonds is 4. The second-order valence-corrected chi connectivity index (χ2v) is 6.98. The van der Waals surface area contributed by atoms with Gasteiger partial charge in [-0.05, 0) is 47.2 Å². The fourth-order valence-electron chi connectivity index (χ4n) is 2.30. The van der Waals surface area contributed by atoms with Crippen LogP contribution in [0.15, 0.2) is 45.3 Å². The third-order valence-corrected chi connectivity index (χ3v) is 5.16. The number of alkyl halides is 1. The van der Waals surface area contributed by atoms with E-state index in [4.69, 9.17) is 11.6 Å². The fourth-order valence-corrected chi connectivity index (χ4v) is 4.10. The molecular weight excluding hydrogens is 399 g/mol. The van der Waals surface area contributed by atoms with E-state index in [1.807, 2.05) is 12.1 Å². The second-order valence-electron chi connectivity index (χ2n) is 4.77. The van der Waals surface area contributed by atoms with Crippen molar-refractivity contribution >= 4 is 43.5 Å². The molecular formula is C17H17Br2Cl. The Morgan fingerprint density at radius 3 is 2.30 bits per heavy atom. The number of hydrogen-bond acceptors (Lipinski definition) is 0. The lowest BCUT2D eigenvalue weighted by molar-refractivity contribution is 1.01. The highest BCUT2D eigenvalue weighted by Gasteiger charge is 2.17. The molecule has 2 rings (SSSR count). The van der Waals surface area contributed by atoms with Gasteiger partial charge in [-0.25, -0.2) is 0 Å². The van der Waals surface area contributed by atoms with E-state index in [-0.39, 0.29) is 5.38 Å². The molecule has 0 amide bonds. The molecule has 0 aromatic heterocycles. The van der Waals surface area contributed by atoms with Crippen LogP contribution in [0.4, 0.5) is 0 Å². The standard InChI is InChI=1S/C17H17Br2Cl/c1-3-11-5-6-12(4-2)15(9-11)17(20)14-8-7-13(18)10-16(14)19/h5-10,17H,3-4H2,1-2H3. The van der Waals surface area contributed by atoms with Gasteiger partial charge in [0.25, 0.3) is 0 Å². The molecule has 0 aliphatic rings. The van der Waals surface area contributed by atoms with E-state index >= 15 is 0 Å². The van der Waals surface area contributed by atoms with Crippen molar-refractivity contribution in [1.29, 1.82) is 0 Å². The molecule has 2 aromatic rings. The first-order valence-electron chi connectivity index (χ1n) is 6.77. The first-order valence-corrected chi connectivity index (χ1v) is 8.79. The van der Waals surface area contributed by atoms with Crippen LogP contribution in [0.3, 0.4) is 0 Å². The van der Waals surface area contributed by atoms with Crippen molar-refractivity contribution in [3.63, 3.8) is 0 Å². The van der Waals surface area contributed by atoms with Gasteiger partial charge in [-0.3, -0.25) is 0 Å². The lowest BCUT2D eigenvalue weighted by atomic mass is 9.95. The Balaban J connectivity index is 2.48. The molecule has 0 aliphatic heterocycles. The van der Waals surface area contributed by atoms with Gasteiger partial charge in [-0.1, -0.05) is 70.0 Å². The van der Waals surface area contributed by atoms with E-state index in [0.29, 0.717) is 0 Å². The molecule has 3 heteroatoms. The summed E-state index contributed by atoms with van der Waals surface area (Å²) in [6.07, 6.45) is 2.03. The van der Waals surface area contributed by atoms with Gasteiger partial charge in [0.05, 0.1) is 5.38 Å². The predicted octanol–water partition coefficient (Wildman–Crippen LogP) is 6.66. The fraction of sp³-hybridized carbons (Fsp3) is 0.294. The van der Waals surface area contributed by atoms with E-state index in [1.54, 1.807) is 0 Å². The van der Waals surface area contributed by atoms with Crippen LogP contribution in [0.25, 0.3) is 0 Å². The number of hydrogen-bond donors (Lipinski definition) is 0. The van der Waals surface area contributed by atoms with Crippen molar-refractivity contribution in [2.45, 2.75) is 32.1 Å². The van der Waals surface area contributed by atoms with Crippen molar-refractivity contribution in [2.75, 3.05) is 0 Å². The van der Waals surface area contributed by atoms with Gasteiger partial charge in [0, 0.05) is 8.95 Å². The summed E-state index contributed by atoms with van der Waals surface area (Å²) < 4.78 is 2.09. The quantitative estimate of drug-likeness (QED) is 0.489. The summed E-state index contributed by atoms with van der Waals surface area (Å²) in [5, 5.41) is -0.126. The average Bonchev–Trinajstić information content (AvgIpc) is 2.46. The number of aryl methyl sites for hydroxylation is 2. The predicted molar refractivity (Wildman–Crippen MR) is 94.7 cm³/mol. The van der Waals surface area contributed by atoms with Crippen LogP contribution in [0.2, 0.25) is 0 Å². The second kappa shape index (κ2) is 7.11. The van der Waals surface area contributed by atoms with Gasteiger partial charge >= 0.3 is 0 Å². The minimum absolute atomic E-state index is 0.126. The molecule has 0 heterocycles. The molecule has 20 heavy (non-hydrogen) atoms. The molecule has 0 nitrogen and oxygen atoms in total. The van der Waals surface area contributed by atoms with Gasteiger partial charge in [0.15, 0.2) is 0 Å². The summed E-state index contributed by atoms with van der Waals surface area (Å²) in [7, 11) is 0. The van der Waals surface area contributed by atoms with Crippen LogP contribution < -0.4 is 0 Å². The zero-order valence-electron chi connectivity index (χ0n) is 11.6. The molecule has 1 atom stereocenters. The van der Waals surface area contributed by atoms with Crippen molar-refractivity contribution < 1.29 is 0 Å². The molecule has 0 N–H and O–H groups in total. The molecule has 106 valence electrons. The Labute approximate surface area is 142 Å². The third-order valence-electron chi connectivity index (χ3n) is 3.51. The molecule has 0 saturated heterocycles. The first kappa shape index (κ1) is 16.1. The van der Waals surface area contributed by atoms with E-state index in [0.717, 1.165) is 27.4 Å². The molecule has 0 fully saturated rings. The van der Waals surface area contributed by atoms with Crippen molar-refractivity contribution in [1.82, 2.24) is 0 Å². The zero-order valence-corrected chi connectivity index (χ0v) is 15.5. The summed E-state index contributed by atoms with van der Waals surface area (Å²) in [5.74, 6) is 0. The maximum atomic E-state index is 6.76. The number of benzene rings is 2. The van der Waals surface area contributed by atoms with Crippen molar-refractivity contribution in [3.8, 4) is 0 Å². The lowest BCUT2D eigenvalue weighted by Crippen LogP contribution is -2.01. The van der Waals surface area contributed by atoms with Crippen molar-refractivity contribution in [3.05, 3.63) is 67.6 Å². The number of halogens is 3. The topological polar surface area (TPSA) is 0 Å². The van der Waals surface area contributed by atoms with Crippen LogP contribution in [0.1, 0.15) is 41.5 Å². The first-order chi connectivity index (χ1) is 9.56. The smallest absolute Gasteiger partial charge is 0.0849 e. The van der Waals surface area contributed by atoms with Crippen LogP contribution in [-0.4, -0.2) is 0 Å². The molecule has 0 spiro atoms. The molecule has 1 unspecified atom stereocenters. The Kier molecular flexibility index (Phi) is 5.71. The van der Waals surface area contributed by atoms with Crippen LogP contribution in [0, 0.1) is 0 Å². The molecule has 0 saturated carbocycles. The van der Waals surface area contributed by atoms with Crippen LogP contribution in [-0.2, 0) is 12.8 Å². The summed E-state index contributed by atoms with van der Waals surface area (Å²) in [6.45, 7) is 4.34. The highest BCUT2D eigenvalue weighted by molar-refractivity contribution is 9.11. The highest BCUT2D eigenvalue weighted by atomic mass is 79.9. The molecule has 0 bridgehead atoms. The van der Waals surface area contributed by atoms with E-state index < -0.39 is 0 Å². The van der Waals surface area contributed by atoms with Gasteiger partial charge in [0.2, 0.25) is 0 Å². The Hall–Kier alpha value is -0.310. The van der Waals surface area contributed by atoms with E-state index in [1.165, 1.54) is 16.7 Å². The summed E-state index contributed by atoms with van der Waals surface area (Å²) in [4.78, 5) is 0. The van der Waals surface area contributed by atoms with Gasteiger partial charge in [0.1, 0.15) is 0 Å². The maximum Gasteiger partial charge on any atom is 0.0849 e. The third kappa shape index (κ3) is 3.47. The summed E-state index contributed by atoms with van der Waals surface area (Å²) in [5.41, 5.74) is 4.97. The largest absolute Gasteiger partial charge is 0.113 e. The Morgan fingerprint density at radius 2 is 1.70 bits per heavy atom. The Morgan fingerprint density at radius 1 is 0.950 bits per heavy atom. The van der Waals surface area contributed by atoms with Crippen LogP contribution >= 0.6 is 43.5 Å². The van der Waals surface area contributed by atoms with Crippen molar-refractivity contribution in [2.24, 2.45) is 0 Å². The normalized spacial score (nSPS) is 12.4. The Bertz CT molecular complexity index is 608. The van der Waals surface area contributed by atoms with Crippen LogP contribution in [0.5, 0.6) is 0 Å². The van der Waals surface area contributed by atoms with Gasteiger partial charge < -0.3 is 0 Å². The van der Waals surface area contributed by atoms with E-state index in [2.05, 4.69) is 70.0 Å². The molecule has 0 aliphatic carbocycles. The zero-order chi connectivity index (χ0) is 14.7. The summed E-state index contributed by atoms with van der Waals surface area (Å²) in [6, 6.07) is 12.8. The van der Waals surface area contributed by atoms with Gasteiger partial charge in [-0.15, -0.1) is 11.6 Å². The molecule has 2 aromatic carbocycles.